The molecule has 122 valence electrons. The van der Waals surface area contributed by atoms with Gasteiger partial charge in [-0.25, -0.2) is 0 Å². The van der Waals surface area contributed by atoms with Gasteiger partial charge in [-0.2, -0.15) is 16.8 Å². The molecule has 2 rings (SSSR count). The van der Waals surface area contributed by atoms with E-state index < -0.39 is 47.1 Å². The number of benzene rings is 2. The monoisotopic (exact) mass is 358 g/mol. The number of carbonyl (C=O) groups excluding carboxylic acids is 1. The maximum Gasteiger partial charge on any atom is 0.296 e. The lowest BCUT2D eigenvalue weighted by Crippen LogP contribution is -2.11. The van der Waals surface area contributed by atoms with Crippen molar-refractivity contribution in [2.45, 2.75) is 9.79 Å². The molecule has 23 heavy (non-hydrogen) atoms. The van der Waals surface area contributed by atoms with Crippen molar-refractivity contribution in [2.75, 3.05) is 0 Å². The van der Waals surface area contributed by atoms with E-state index in [1.807, 2.05) is 0 Å². The van der Waals surface area contributed by atoms with Gasteiger partial charge in [-0.15, -0.1) is 0 Å². The summed E-state index contributed by atoms with van der Waals surface area (Å²) in [5, 5.41) is 9.80. The van der Waals surface area contributed by atoms with Crippen LogP contribution in [0.25, 0.3) is 0 Å². The van der Waals surface area contributed by atoms with Crippen LogP contribution in [-0.2, 0) is 20.2 Å². The number of rotatable bonds is 4. The van der Waals surface area contributed by atoms with Crippen LogP contribution in [0, 0.1) is 0 Å². The Bertz CT molecular complexity index is 976. The van der Waals surface area contributed by atoms with Gasteiger partial charge in [-0.3, -0.25) is 13.9 Å². The second-order valence-corrected chi connectivity index (χ2v) is 7.24. The summed E-state index contributed by atoms with van der Waals surface area (Å²) in [7, 11) is -10.1. The first-order valence-corrected chi connectivity index (χ1v) is 8.81. The molecule has 3 N–H and O–H groups in total. The molecule has 0 unspecified atom stereocenters. The van der Waals surface area contributed by atoms with Gasteiger partial charge in [-0.05, 0) is 6.07 Å². The second kappa shape index (κ2) is 5.74. The van der Waals surface area contributed by atoms with Gasteiger partial charge in [0.15, 0.2) is 5.78 Å². The minimum absolute atomic E-state index is 0.101. The predicted octanol–water partition coefficient (Wildman–Crippen LogP) is 1.12. The van der Waals surface area contributed by atoms with E-state index in [-0.39, 0.29) is 5.56 Å². The van der Waals surface area contributed by atoms with Crippen molar-refractivity contribution in [3.05, 3.63) is 53.6 Å². The first-order chi connectivity index (χ1) is 10.5. The van der Waals surface area contributed by atoms with Crippen LogP contribution in [-0.4, -0.2) is 36.8 Å². The second-order valence-electron chi connectivity index (χ2n) is 4.46. The zero-order valence-electron chi connectivity index (χ0n) is 11.2. The van der Waals surface area contributed by atoms with Gasteiger partial charge in [0, 0.05) is 11.6 Å². The van der Waals surface area contributed by atoms with Gasteiger partial charge in [0.1, 0.15) is 15.5 Å². The molecule has 10 heteroatoms. The highest BCUT2D eigenvalue weighted by atomic mass is 32.2. The van der Waals surface area contributed by atoms with E-state index in [0.717, 1.165) is 0 Å². The van der Waals surface area contributed by atoms with Crippen LogP contribution in [0.15, 0.2) is 52.3 Å². The Hall–Kier alpha value is -2.27. The van der Waals surface area contributed by atoms with Crippen LogP contribution < -0.4 is 0 Å². The molecule has 8 nitrogen and oxygen atoms in total. The predicted molar refractivity (Wildman–Crippen MR) is 77.6 cm³/mol. The van der Waals surface area contributed by atoms with Gasteiger partial charge in [0.25, 0.3) is 20.2 Å². The molecule has 0 amide bonds. The van der Waals surface area contributed by atoms with Gasteiger partial charge in [0.2, 0.25) is 0 Å². The van der Waals surface area contributed by atoms with Crippen molar-refractivity contribution in [1.29, 1.82) is 0 Å². The number of ketones is 1. The first kappa shape index (κ1) is 17.1. The van der Waals surface area contributed by atoms with E-state index >= 15 is 0 Å². The van der Waals surface area contributed by atoms with E-state index in [2.05, 4.69) is 0 Å². The van der Waals surface area contributed by atoms with Crippen LogP contribution in [0.1, 0.15) is 15.9 Å². The van der Waals surface area contributed by atoms with E-state index in [1.165, 1.54) is 24.3 Å². The number of carbonyl (C=O) groups is 1. The largest absolute Gasteiger partial charge is 0.507 e. The molecule has 0 aliphatic carbocycles. The normalized spacial score (nSPS) is 12.1. The zero-order chi connectivity index (χ0) is 17.4. The topological polar surface area (TPSA) is 146 Å². The van der Waals surface area contributed by atoms with Crippen molar-refractivity contribution in [3.8, 4) is 5.75 Å². The number of phenols is 1. The molecule has 0 aliphatic rings. The molecule has 0 heterocycles. The Kier molecular flexibility index (Phi) is 4.26. The standard InChI is InChI=1S/C13H10O8S2/c14-10-7-12(23(19,20)21)11(22(16,17)18)6-9(10)13(15)8-4-2-1-3-5-8/h1-7,14H,(H,16,17,18)(H,19,20,21). The van der Waals surface area contributed by atoms with Gasteiger partial charge in [0.05, 0.1) is 5.56 Å². The lowest BCUT2D eigenvalue weighted by Gasteiger charge is -2.09. The van der Waals surface area contributed by atoms with Gasteiger partial charge >= 0.3 is 0 Å². The Morgan fingerprint density at radius 3 is 1.78 bits per heavy atom. The summed E-state index contributed by atoms with van der Waals surface area (Å²) in [4.78, 5) is 9.81. The lowest BCUT2D eigenvalue weighted by molar-refractivity contribution is 0.103. The fraction of sp³-hybridized carbons (Fsp3) is 0. The third-order valence-corrected chi connectivity index (χ3v) is 4.81. The van der Waals surface area contributed by atoms with E-state index in [1.54, 1.807) is 6.07 Å². The summed E-state index contributed by atoms with van der Waals surface area (Å²) < 4.78 is 63.1. The summed E-state index contributed by atoms with van der Waals surface area (Å²) in [6.07, 6.45) is 0. The maximum absolute atomic E-state index is 12.3. The Morgan fingerprint density at radius 2 is 1.30 bits per heavy atom. The number of hydrogen-bond acceptors (Lipinski definition) is 6. The molecular weight excluding hydrogens is 348 g/mol. The smallest absolute Gasteiger partial charge is 0.296 e. The van der Waals surface area contributed by atoms with E-state index in [4.69, 9.17) is 9.11 Å². The van der Waals surface area contributed by atoms with Crippen LogP contribution in [0.5, 0.6) is 5.75 Å². The fourth-order valence-corrected chi connectivity index (χ4v) is 3.66. The van der Waals surface area contributed by atoms with E-state index in [9.17, 15) is 26.7 Å². The molecule has 0 aliphatic heterocycles. The van der Waals surface area contributed by atoms with Crippen LogP contribution in [0.2, 0.25) is 0 Å². The summed E-state index contributed by atoms with van der Waals surface area (Å²) in [5.74, 6) is -1.66. The fourth-order valence-electron chi connectivity index (χ4n) is 1.88. The summed E-state index contributed by atoms with van der Waals surface area (Å²) in [6.45, 7) is 0. The average Bonchev–Trinajstić information content (AvgIpc) is 2.45. The van der Waals surface area contributed by atoms with Gasteiger partial charge < -0.3 is 5.11 Å². The average molecular weight is 358 g/mol. The number of hydrogen-bond donors (Lipinski definition) is 3. The number of phenolic OH excluding ortho intramolecular Hbond substituents is 1. The number of aromatic hydroxyl groups is 1. The molecule has 0 fully saturated rings. The molecule has 0 bridgehead atoms. The highest BCUT2D eigenvalue weighted by molar-refractivity contribution is 7.89. The zero-order valence-corrected chi connectivity index (χ0v) is 12.9. The molecule has 2 aromatic carbocycles. The summed E-state index contributed by atoms with van der Waals surface area (Å²) in [6, 6.07) is 8.34. The lowest BCUT2D eigenvalue weighted by atomic mass is 10.0. The molecule has 0 saturated carbocycles. The molecule has 0 atom stereocenters. The molecule has 0 saturated heterocycles. The molecule has 2 aromatic rings. The van der Waals surface area contributed by atoms with Crippen LogP contribution >= 0.6 is 0 Å². The van der Waals surface area contributed by atoms with Crippen LogP contribution in [0.4, 0.5) is 0 Å². The van der Waals surface area contributed by atoms with E-state index in [0.29, 0.717) is 12.1 Å². The molecule has 0 radical (unpaired) electrons. The summed E-state index contributed by atoms with van der Waals surface area (Å²) >= 11 is 0. The summed E-state index contributed by atoms with van der Waals surface area (Å²) in [5.41, 5.74) is -0.445. The van der Waals surface area contributed by atoms with Crippen molar-refractivity contribution in [3.63, 3.8) is 0 Å². The minimum atomic E-state index is -5.07. The molecular formula is C13H10O8S2. The molecule has 0 spiro atoms. The maximum atomic E-state index is 12.3. The quantitative estimate of drug-likeness (QED) is 0.544. The third kappa shape index (κ3) is 3.56. The van der Waals surface area contributed by atoms with Crippen molar-refractivity contribution in [1.82, 2.24) is 0 Å². The molecule has 0 aromatic heterocycles. The van der Waals surface area contributed by atoms with Crippen molar-refractivity contribution >= 4 is 26.0 Å². The first-order valence-electron chi connectivity index (χ1n) is 5.93. The van der Waals surface area contributed by atoms with Crippen LogP contribution in [0.3, 0.4) is 0 Å². The minimum Gasteiger partial charge on any atom is -0.507 e. The van der Waals surface area contributed by atoms with Crippen molar-refractivity contribution < 1.29 is 35.8 Å². The van der Waals surface area contributed by atoms with Gasteiger partial charge in [-0.1, -0.05) is 30.3 Å². The Labute approximate surface area is 131 Å². The SMILES string of the molecule is O=C(c1ccccc1)c1cc(S(=O)(=O)O)c(S(=O)(=O)O)cc1O. The third-order valence-electron chi connectivity index (χ3n) is 2.90. The Morgan fingerprint density at radius 1 is 0.826 bits per heavy atom. The highest BCUT2D eigenvalue weighted by Crippen LogP contribution is 2.30. The van der Waals surface area contributed by atoms with Crippen molar-refractivity contribution in [2.24, 2.45) is 0 Å². The Balaban J connectivity index is 2.76. The highest BCUT2D eigenvalue weighted by Gasteiger charge is 2.28.